The van der Waals surface area contributed by atoms with Crippen LogP contribution >= 0.6 is 11.7 Å². The van der Waals surface area contributed by atoms with Gasteiger partial charge in [-0.25, -0.2) is 0 Å². The van der Waals surface area contributed by atoms with Crippen molar-refractivity contribution in [2.24, 2.45) is 0 Å². The lowest BCUT2D eigenvalue weighted by Crippen LogP contribution is -2.26. The molecule has 0 saturated heterocycles. The average molecular weight is 238 g/mol. The fourth-order valence-corrected chi connectivity index (χ4v) is 1.72. The standard InChI is InChI=1S/C8H10N6OS/c1-5-7(13-16-12-5)8(15)9-3-2-6-4-10-14-11-6/h4H,2-3H2,1H3,(H,9,15)(H,10,11,14). The van der Waals surface area contributed by atoms with Crippen LogP contribution in [0.2, 0.25) is 0 Å². The van der Waals surface area contributed by atoms with Crippen LogP contribution in [0.4, 0.5) is 0 Å². The normalized spacial score (nSPS) is 10.3. The van der Waals surface area contributed by atoms with Crippen LogP contribution in [-0.4, -0.2) is 36.6 Å². The number of nitrogens with one attached hydrogen (secondary N) is 2. The van der Waals surface area contributed by atoms with E-state index in [1.165, 1.54) is 0 Å². The van der Waals surface area contributed by atoms with Crippen LogP contribution in [-0.2, 0) is 6.42 Å². The highest BCUT2D eigenvalue weighted by atomic mass is 32.1. The van der Waals surface area contributed by atoms with Gasteiger partial charge in [0.15, 0.2) is 5.69 Å². The molecule has 2 heterocycles. The van der Waals surface area contributed by atoms with Crippen LogP contribution in [0.25, 0.3) is 0 Å². The molecule has 0 fully saturated rings. The molecule has 0 aliphatic rings. The first-order chi connectivity index (χ1) is 7.77. The van der Waals surface area contributed by atoms with E-state index in [0.717, 1.165) is 17.4 Å². The van der Waals surface area contributed by atoms with E-state index in [1.807, 2.05) is 0 Å². The highest BCUT2D eigenvalue weighted by Crippen LogP contribution is 2.03. The van der Waals surface area contributed by atoms with E-state index in [1.54, 1.807) is 13.1 Å². The van der Waals surface area contributed by atoms with Gasteiger partial charge in [-0.1, -0.05) is 0 Å². The van der Waals surface area contributed by atoms with E-state index < -0.39 is 0 Å². The third-order valence-corrected chi connectivity index (χ3v) is 2.62. The summed E-state index contributed by atoms with van der Waals surface area (Å²) < 4.78 is 7.85. The third kappa shape index (κ3) is 2.40. The van der Waals surface area contributed by atoms with Crippen LogP contribution in [0.5, 0.6) is 0 Å². The Kier molecular flexibility index (Phi) is 3.20. The van der Waals surface area contributed by atoms with E-state index in [-0.39, 0.29) is 5.91 Å². The molecular formula is C8H10N6OS. The van der Waals surface area contributed by atoms with Gasteiger partial charge in [0.25, 0.3) is 5.91 Å². The van der Waals surface area contributed by atoms with Crippen molar-refractivity contribution in [1.29, 1.82) is 0 Å². The minimum atomic E-state index is -0.199. The summed E-state index contributed by atoms with van der Waals surface area (Å²) in [5, 5.41) is 12.8. The summed E-state index contributed by atoms with van der Waals surface area (Å²) in [5.41, 5.74) is 1.86. The zero-order chi connectivity index (χ0) is 11.4. The predicted molar refractivity (Wildman–Crippen MR) is 57.1 cm³/mol. The maximum absolute atomic E-state index is 11.6. The van der Waals surface area contributed by atoms with Crippen molar-refractivity contribution < 1.29 is 4.79 Å². The minimum Gasteiger partial charge on any atom is -0.350 e. The largest absolute Gasteiger partial charge is 0.350 e. The van der Waals surface area contributed by atoms with Crippen molar-refractivity contribution in [1.82, 2.24) is 29.5 Å². The fraction of sp³-hybridized carbons (Fsp3) is 0.375. The first-order valence-electron chi connectivity index (χ1n) is 4.69. The molecule has 0 radical (unpaired) electrons. The summed E-state index contributed by atoms with van der Waals surface area (Å²) in [6, 6.07) is 0. The van der Waals surface area contributed by atoms with Crippen LogP contribution < -0.4 is 5.32 Å². The molecular weight excluding hydrogens is 228 g/mol. The predicted octanol–water partition coefficient (Wildman–Crippen LogP) is -0.0629. The van der Waals surface area contributed by atoms with Crippen molar-refractivity contribution in [3.8, 4) is 0 Å². The number of carbonyl (C=O) groups is 1. The van der Waals surface area contributed by atoms with Gasteiger partial charge in [-0.05, 0) is 6.92 Å². The molecule has 0 aliphatic heterocycles. The van der Waals surface area contributed by atoms with Gasteiger partial charge < -0.3 is 5.32 Å². The first-order valence-corrected chi connectivity index (χ1v) is 5.42. The highest BCUT2D eigenvalue weighted by molar-refractivity contribution is 6.99. The lowest BCUT2D eigenvalue weighted by atomic mass is 10.3. The molecule has 16 heavy (non-hydrogen) atoms. The van der Waals surface area contributed by atoms with Crippen molar-refractivity contribution in [3.63, 3.8) is 0 Å². The maximum Gasteiger partial charge on any atom is 0.272 e. The lowest BCUT2D eigenvalue weighted by Gasteiger charge is -2.00. The molecule has 0 unspecified atom stereocenters. The number of hydrogen-bond donors (Lipinski definition) is 2. The number of amides is 1. The molecule has 0 bridgehead atoms. The Morgan fingerprint density at radius 3 is 3.06 bits per heavy atom. The Balaban J connectivity index is 1.83. The second-order valence-electron chi connectivity index (χ2n) is 3.17. The number of aryl methyl sites for hydroxylation is 1. The molecule has 1 amide bonds. The smallest absolute Gasteiger partial charge is 0.272 e. The second-order valence-corrected chi connectivity index (χ2v) is 3.69. The molecule has 0 saturated carbocycles. The van der Waals surface area contributed by atoms with E-state index in [2.05, 4.69) is 29.5 Å². The molecule has 8 heteroatoms. The van der Waals surface area contributed by atoms with E-state index >= 15 is 0 Å². The first kappa shape index (κ1) is 10.7. The Bertz CT molecular complexity index is 465. The second kappa shape index (κ2) is 4.79. The lowest BCUT2D eigenvalue weighted by molar-refractivity contribution is 0.0949. The molecule has 0 atom stereocenters. The zero-order valence-electron chi connectivity index (χ0n) is 8.60. The van der Waals surface area contributed by atoms with Crippen molar-refractivity contribution in [2.45, 2.75) is 13.3 Å². The fourth-order valence-electron chi connectivity index (χ4n) is 1.17. The van der Waals surface area contributed by atoms with Gasteiger partial charge in [0, 0.05) is 13.0 Å². The molecule has 0 aliphatic carbocycles. The number of carbonyl (C=O) groups excluding carboxylic acids is 1. The maximum atomic E-state index is 11.6. The van der Waals surface area contributed by atoms with Crippen LogP contribution in [0, 0.1) is 6.92 Å². The summed E-state index contributed by atoms with van der Waals surface area (Å²) in [5.74, 6) is -0.199. The minimum absolute atomic E-state index is 0.199. The van der Waals surface area contributed by atoms with Crippen molar-refractivity contribution in [2.75, 3.05) is 6.54 Å². The van der Waals surface area contributed by atoms with E-state index in [4.69, 9.17) is 0 Å². The number of aromatic amines is 1. The summed E-state index contributed by atoms with van der Waals surface area (Å²) in [6.45, 7) is 2.26. The number of aromatic nitrogens is 5. The summed E-state index contributed by atoms with van der Waals surface area (Å²) in [6.07, 6.45) is 2.26. The Morgan fingerprint density at radius 1 is 1.56 bits per heavy atom. The third-order valence-electron chi connectivity index (χ3n) is 2.00. The van der Waals surface area contributed by atoms with Gasteiger partial charge in [-0.15, -0.1) is 0 Å². The number of H-pyrrole nitrogens is 1. The Morgan fingerprint density at radius 2 is 2.44 bits per heavy atom. The van der Waals surface area contributed by atoms with Crippen LogP contribution in [0.1, 0.15) is 21.9 Å². The van der Waals surface area contributed by atoms with Gasteiger partial charge >= 0.3 is 0 Å². The number of nitrogens with zero attached hydrogens (tertiary/aromatic N) is 4. The number of hydrogen-bond acceptors (Lipinski definition) is 6. The SMILES string of the molecule is Cc1nsnc1C(=O)NCCc1cn[nH]n1. The van der Waals surface area contributed by atoms with Gasteiger partial charge in [0.05, 0.1) is 29.3 Å². The van der Waals surface area contributed by atoms with Gasteiger partial charge in [-0.2, -0.15) is 24.2 Å². The monoisotopic (exact) mass is 238 g/mol. The quantitative estimate of drug-likeness (QED) is 0.777. The van der Waals surface area contributed by atoms with E-state index in [0.29, 0.717) is 24.4 Å². The topological polar surface area (TPSA) is 96.5 Å². The van der Waals surface area contributed by atoms with Crippen molar-refractivity contribution in [3.05, 3.63) is 23.3 Å². The molecule has 2 rings (SSSR count). The molecule has 2 N–H and O–H groups in total. The van der Waals surface area contributed by atoms with Gasteiger partial charge in [0.1, 0.15) is 0 Å². The highest BCUT2D eigenvalue weighted by Gasteiger charge is 2.12. The summed E-state index contributed by atoms with van der Waals surface area (Å²) in [7, 11) is 0. The summed E-state index contributed by atoms with van der Waals surface area (Å²) >= 11 is 1.04. The zero-order valence-corrected chi connectivity index (χ0v) is 9.41. The van der Waals surface area contributed by atoms with Gasteiger partial charge in [0.2, 0.25) is 0 Å². The molecule has 2 aromatic rings. The Hall–Kier alpha value is -1.83. The molecule has 2 aromatic heterocycles. The molecule has 0 aromatic carbocycles. The van der Waals surface area contributed by atoms with Gasteiger partial charge in [-0.3, -0.25) is 4.79 Å². The van der Waals surface area contributed by atoms with Crippen LogP contribution in [0.15, 0.2) is 6.20 Å². The molecule has 84 valence electrons. The molecule has 7 nitrogen and oxygen atoms in total. The van der Waals surface area contributed by atoms with Crippen molar-refractivity contribution >= 4 is 17.6 Å². The average Bonchev–Trinajstić information content (AvgIpc) is 2.88. The van der Waals surface area contributed by atoms with Crippen LogP contribution in [0.3, 0.4) is 0 Å². The molecule has 0 spiro atoms. The van der Waals surface area contributed by atoms with E-state index in [9.17, 15) is 4.79 Å². The number of rotatable bonds is 4. The Labute approximate surface area is 95.6 Å². The summed E-state index contributed by atoms with van der Waals surface area (Å²) in [4.78, 5) is 11.6.